The number of nitro groups is 1. The van der Waals surface area contributed by atoms with Crippen LogP contribution >= 0.6 is 11.6 Å². The largest absolute Gasteiger partial charge is 0.378 e. The first-order chi connectivity index (χ1) is 13.9. The Bertz CT molecular complexity index is 880. The van der Waals surface area contributed by atoms with Crippen LogP contribution in [0.4, 0.5) is 11.4 Å². The van der Waals surface area contributed by atoms with Gasteiger partial charge in [-0.2, -0.15) is 0 Å². The molecule has 0 unspecified atom stereocenters. The lowest BCUT2D eigenvalue weighted by molar-refractivity contribution is -0.385. The molecule has 1 amide bonds. The second kappa shape index (κ2) is 9.24. The van der Waals surface area contributed by atoms with Gasteiger partial charge in [-0.3, -0.25) is 19.8 Å². The highest BCUT2D eigenvalue weighted by atomic mass is 35.5. The molecule has 3 rings (SSSR count). The maximum Gasteiger partial charge on any atom is 0.282 e. The average Bonchev–Trinajstić information content (AvgIpc) is 3.22. The van der Waals surface area contributed by atoms with Gasteiger partial charge in [0.05, 0.1) is 11.0 Å². The number of likely N-dealkylation sites (tertiary alicyclic amines) is 1. The smallest absolute Gasteiger partial charge is 0.282 e. The van der Waals surface area contributed by atoms with Crippen molar-refractivity contribution in [1.29, 1.82) is 0 Å². The lowest BCUT2D eigenvalue weighted by atomic mass is 10.0. The van der Waals surface area contributed by atoms with Crippen molar-refractivity contribution in [3.63, 3.8) is 0 Å². The molecule has 1 aliphatic heterocycles. The first kappa shape index (κ1) is 21.1. The van der Waals surface area contributed by atoms with Crippen LogP contribution in [0, 0.1) is 10.1 Å². The highest BCUT2D eigenvalue weighted by Crippen LogP contribution is 2.27. The number of rotatable bonds is 7. The molecule has 1 fully saturated rings. The monoisotopic (exact) mass is 416 g/mol. The number of carbonyl (C=O) groups excluding carboxylic acids is 1. The normalized spacial score (nSPS) is 15.1. The Balaban J connectivity index is 1.79. The van der Waals surface area contributed by atoms with Crippen LogP contribution in [0.3, 0.4) is 0 Å². The zero-order valence-electron chi connectivity index (χ0n) is 16.6. The molecule has 1 aliphatic rings. The van der Waals surface area contributed by atoms with Gasteiger partial charge < -0.3 is 10.2 Å². The van der Waals surface area contributed by atoms with E-state index in [2.05, 4.69) is 34.5 Å². The number of anilines is 1. The molecule has 29 heavy (non-hydrogen) atoms. The quantitative estimate of drug-likeness (QED) is 0.547. The van der Waals surface area contributed by atoms with Crippen LogP contribution in [-0.4, -0.2) is 49.5 Å². The molecular weight excluding hydrogens is 392 g/mol. The summed E-state index contributed by atoms with van der Waals surface area (Å²) in [4.78, 5) is 27.8. The van der Waals surface area contributed by atoms with E-state index in [1.807, 2.05) is 19.0 Å². The molecular formula is C21H25ClN4O3. The molecule has 0 saturated carbocycles. The molecule has 1 heterocycles. The average molecular weight is 417 g/mol. The summed E-state index contributed by atoms with van der Waals surface area (Å²) in [6.45, 7) is 2.30. The first-order valence-corrected chi connectivity index (χ1v) is 9.98. The SMILES string of the molecule is CN(C)c1ccc([C@@H](CNC(=O)c2cc(Cl)ccc2[N+](=O)[O-])N2CCCC2)cc1. The van der Waals surface area contributed by atoms with Crippen LogP contribution in [0.5, 0.6) is 0 Å². The van der Waals surface area contributed by atoms with Crippen molar-refractivity contribution in [2.45, 2.75) is 18.9 Å². The zero-order chi connectivity index (χ0) is 21.0. The van der Waals surface area contributed by atoms with E-state index in [9.17, 15) is 14.9 Å². The zero-order valence-corrected chi connectivity index (χ0v) is 17.4. The highest BCUT2D eigenvalue weighted by molar-refractivity contribution is 6.31. The van der Waals surface area contributed by atoms with Crippen molar-refractivity contribution >= 4 is 28.9 Å². The molecule has 0 spiro atoms. The van der Waals surface area contributed by atoms with E-state index in [0.717, 1.165) is 37.2 Å². The van der Waals surface area contributed by atoms with Crippen molar-refractivity contribution < 1.29 is 9.72 Å². The van der Waals surface area contributed by atoms with Crippen molar-refractivity contribution in [2.24, 2.45) is 0 Å². The van der Waals surface area contributed by atoms with Gasteiger partial charge in [-0.15, -0.1) is 0 Å². The summed E-state index contributed by atoms with van der Waals surface area (Å²) in [5.74, 6) is -0.492. The van der Waals surface area contributed by atoms with E-state index in [1.54, 1.807) is 0 Å². The van der Waals surface area contributed by atoms with Crippen molar-refractivity contribution in [2.75, 3.05) is 38.6 Å². The third kappa shape index (κ3) is 5.05. The lowest BCUT2D eigenvalue weighted by Gasteiger charge is -2.28. The van der Waals surface area contributed by atoms with Crippen molar-refractivity contribution in [1.82, 2.24) is 10.2 Å². The van der Waals surface area contributed by atoms with E-state index in [0.29, 0.717) is 6.54 Å². The highest BCUT2D eigenvalue weighted by Gasteiger charge is 2.26. The maximum absolute atomic E-state index is 12.7. The predicted molar refractivity (Wildman–Crippen MR) is 115 cm³/mol. The fourth-order valence-electron chi connectivity index (χ4n) is 3.64. The minimum atomic E-state index is -0.566. The number of halogens is 1. The van der Waals surface area contributed by atoms with Crippen LogP contribution in [-0.2, 0) is 0 Å². The fraction of sp³-hybridized carbons (Fsp3) is 0.381. The number of amides is 1. The van der Waals surface area contributed by atoms with Crippen molar-refractivity contribution in [3.05, 3.63) is 68.7 Å². The van der Waals surface area contributed by atoms with Gasteiger partial charge in [0.25, 0.3) is 11.6 Å². The topological polar surface area (TPSA) is 78.7 Å². The Morgan fingerprint density at radius 1 is 1.21 bits per heavy atom. The third-order valence-corrected chi connectivity index (χ3v) is 5.47. The van der Waals surface area contributed by atoms with Gasteiger partial charge in [0.15, 0.2) is 0 Å². The fourth-order valence-corrected chi connectivity index (χ4v) is 3.81. The van der Waals surface area contributed by atoms with Crippen LogP contribution in [0.2, 0.25) is 5.02 Å². The van der Waals surface area contributed by atoms with Gasteiger partial charge in [-0.1, -0.05) is 23.7 Å². The van der Waals surface area contributed by atoms with Crippen LogP contribution in [0.25, 0.3) is 0 Å². The van der Waals surface area contributed by atoms with Gasteiger partial charge >= 0.3 is 0 Å². The van der Waals surface area contributed by atoms with Crippen LogP contribution in [0.15, 0.2) is 42.5 Å². The summed E-state index contributed by atoms with van der Waals surface area (Å²) in [7, 11) is 3.98. The third-order valence-electron chi connectivity index (χ3n) is 5.23. The Morgan fingerprint density at radius 2 is 1.86 bits per heavy atom. The van der Waals surface area contributed by atoms with Gasteiger partial charge in [-0.25, -0.2) is 0 Å². The van der Waals surface area contributed by atoms with Crippen molar-refractivity contribution in [3.8, 4) is 0 Å². The number of benzene rings is 2. The second-order valence-electron chi connectivity index (χ2n) is 7.37. The molecule has 0 radical (unpaired) electrons. The van der Waals surface area contributed by atoms with Gasteiger partial charge in [0.2, 0.25) is 0 Å². The van der Waals surface area contributed by atoms with Gasteiger partial charge in [0.1, 0.15) is 5.56 Å². The number of hydrogen-bond donors (Lipinski definition) is 1. The number of hydrogen-bond acceptors (Lipinski definition) is 5. The van der Waals surface area contributed by atoms with E-state index in [1.165, 1.54) is 18.2 Å². The standard InChI is InChI=1S/C21H25ClN4O3/c1-24(2)17-8-5-15(6-9-17)20(25-11-3-4-12-25)14-23-21(27)18-13-16(22)7-10-19(18)26(28)29/h5-10,13,20H,3-4,11-12,14H2,1-2H3,(H,23,27)/t20-/m1/s1. The summed E-state index contributed by atoms with van der Waals surface area (Å²) >= 11 is 5.95. The molecule has 2 aromatic carbocycles. The minimum absolute atomic E-state index is 0.0101. The molecule has 2 aromatic rings. The Kier molecular flexibility index (Phi) is 6.71. The summed E-state index contributed by atoms with van der Waals surface area (Å²) in [5, 5.41) is 14.4. The Hall–Kier alpha value is -2.64. The maximum atomic E-state index is 12.7. The summed E-state index contributed by atoms with van der Waals surface area (Å²) < 4.78 is 0. The van der Waals surface area contributed by atoms with Gasteiger partial charge in [0, 0.05) is 37.4 Å². The molecule has 1 saturated heterocycles. The first-order valence-electron chi connectivity index (χ1n) is 9.60. The summed E-state index contributed by atoms with van der Waals surface area (Å²) in [5.41, 5.74) is 1.94. The summed E-state index contributed by atoms with van der Waals surface area (Å²) in [6, 6.07) is 12.3. The molecule has 7 nitrogen and oxygen atoms in total. The molecule has 1 N–H and O–H groups in total. The second-order valence-corrected chi connectivity index (χ2v) is 7.81. The minimum Gasteiger partial charge on any atom is -0.378 e. The number of nitro benzene ring substituents is 1. The summed E-state index contributed by atoms with van der Waals surface area (Å²) in [6.07, 6.45) is 2.25. The molecule has 154 valence electrons. The van der Waals surface area contributed by atoms with Gasteiger partial charge in [-0.05, 0) is 55.8 Å². The Labute approximate surface area is 175 Å². The predicted octanol–water partition coefficient (Wildman–Crippen LogP) is 3.88. The molecule has 0 aliphatic carbocycles. The molecule has 1 atom stereocenters. The van der Waals surface area contributed by atoms with E-state index < -0.39 is 10.8 Å². The molecule has 0 aromatic heterocycles. The molecule has 8 heteroatoms. The van der Waals surface area contributed by atoms with E-state index in [-0.39, 0.29) is 22.3 Å². The lowest BCUT2D eigenvalue weighted by Crippen LogP contribution is -2.37. The molecule has 0 bridgehead atoms. The van der Waals surface area contributed by atoms with Crippen LogP contribution < -0.4 is 10.2 Å². The van der Waals surface area contributed by atoms with Crippen LogP contribution in [0.1, 0.15) is 34.8 Å². The number of nitrogens with zero attached hydrogens (tertiary/aromatic N) is 3. The van der Waals surface area contributed by atoms with E-state index >= 15 is 0 Å². The number of carbonyl (C=O) groups is 1. The number of nitrogens with one attached hydrogen (secondary N) is 1. The van der Waals surface area contributed by atoms with E-state index in [4.69, 9.17) is 11.6 Å². The Morgan fingerprint density at radius 3 is 2.45 bits per heavy atom.